The van der Waals surface area contributed by atoms with Crippen molar-refractivity contribution < 1.29 is 19.1 Å². The number of carbonyl (C=O) groups is 1. The van der Waals surface area contributed by atoms with E-state index in [0.29, 0.717) is 4.67 Å². The number of furan rings is 1. The Morgan fingerprint density at radius 1 is 1.70 bits per heavy atom. The highest BCUT2D eigenvalue weighted by Crippen LogP contribution is 2.20. The standard InChI is InChI=1S/C5H3BrO4/c6-3-1-2-4(9-3)10-5(7)8/h1-2H,(H,7,8). The molecule has 0 unspecified atom stereocenters. The van der Waals surface area contributed by atoms with Crippen LogP contribution in [0.25, 0.3) is 0 Å². The smallest absolute Gasteiger partial charge is 0.449 e. The molecule has 5 heteroatoms. The molecule has 0 aliphatic rings. The summed E-state index contributed by atoms with van der Waals surface area (Å²) in [6, 6.07) is 2.94. The molecule has 10 heavy (non-hydrogen) atoms. The fourth-order valence-electron chi connectivity index (χ4n) is 0.439. The van der Waals surface area contributed by atoms with Gasteiger partial charge < -0.3 is 14.3 Å². The lowest BCUT2D eigenvalue weighted by atomic mass is 10.7. The summed E-state index contributed by atoms with van der Waals surface area (Å²) in [5.41, 5.74) is 0. The van der Waals surface area contributed by atoms with Gasteiger partial charge in [-0.3, -0.25) is 0 Å². The molecule has 0 bridgehead atoms. The van der Waals surface area contributed by atoms with Gasteiger partial charge in [0.15, 0.2) is 4.67 Å². The molecule has 0 atom stereocenters. The maximum Gasteiger partial charge on any atom is 0.513 e. The summed E-state index contributed by atoms with van der Waals surface area (Å²) in [5.74, 6) is -0.0422. The van der Waals surface area contributed by atoms with Crippen molar-refractivity contribution in [3.05, 3.63) is 16.8 Å². The molecule has 0 saturated heterocycles. The molecule has 0 aliphatic carbocycles. The van der Waals surface area contributed by atoms with Gasteiger partial charge in [0.2, 0.25) is 0 Å². The molecule has 1 aromatic rings. The Labute approximate surface area is 64.5 Å². The molecule has 0 spiro atoms. The lowest BCUT2D eigenvalue weighted by molar-refractivity contribution is 0.132. The molecule has 4 nitrogen and oxygen atoms in total. The van der Waals surface area contributed by atoms with Crippen molar-refractivity contribution in [2.24, 2.45) is 0 Å². The maximum atomic E-state index is 9.88. The number of ether oxygens (including phenoxy) is 1. The summed E-state index contributed by atoms with van der Waals surface area (Å²) in [7, 11) is 0. The van der Waals surface area contributed by atoms with Gasteiger partial charge in [0.25, 0.3) is 5.95 Å². The lowest BCUT2D eigenvalue weighted by Gasteiger charge is -1.89. The summed E-state index contributed by atoms with van der Waals surface area (Å²) in [6.07, 6.45) is -1.39. The van der Waals surface area contributed by atoms with Crippen LogP contribution in [0.15, 0.2) is 21.2 Å². The Kier molecular flexibility index (Phi) is 1.96. The van der Waals surface area contributed by atoms with E-state index in [1.807, 2.05) is 0 Å². The van der Waals surface area contributed by atoms with E-state index < -0.39 is 6.16 Å². The first-order valence-electron chi connectivity index (χ1n) is 2.34. The molecular weight excluding hydrogens is 204 g/mol. The average Bonchev–Trinajstić information content (AvgIpc) is 2.13. The molecule has 1 N–H and O–H groups in total. The molecule has 1 heterocycles. The van der Waals surface area contributed by atoms with Crippen LogP contribution in [-0.2, 0) is 0 Å². The second kappa shape index (κ2) is 2.74. The third-order valence-corrected chi connectivity index (χ3v) is 1.16. The number of hydrogen-bond acceptors (Lipinski definition) is 3. The minimum atomic E-state index is -1.39. The van der Waals surface area contributed by atoms with Crippen molar-refractivity contribution in [3.63, 3.8) is 0 Å². The van der Waals surface area contributed by atoms with Crippen LogP contribution in [0, 0.1) is 0 Å². The summed E-state index contributed by atoms with van der Waals surface area (Å²) < 4.78 is 9.30. The van der Waals surface area contributed by atoms with E-state index in [4.69, 9.17) is 9.52 Å². The van der Waals surface area contributed by atoms with Crippen LogP contribution in [0.3, 0.4) is 0 Å². The predicted molar refractivity (Wildman–Crippen MR) is 35.1 cm³/mol. The first-order valence-corrected chi connectivity index (χ1v) is 3.14. The molecule has 0 aliphatic heterocycles. The Bertz CT molecular complexity index is 242. The van der Waals surface area contributed by atoms with Crippen LogP contribution < -0.4 is 4.74 Å². The highest BCUT2D eigenvalue weighted by molar-refractivity contribution is 9.10. The van der Waals surface area contributed by atoms with E-state index >= 15 is 0 Å². The molecule has 1 rings (SSSR count). The van der Waals surface area contributed by atoms with Gasteiger partial charge in [-0.05, 0) is 22.0 Å². The van der Waals surface area contributed by atoms with Gasteiger partial charge in [0.1, 0.15) is 0 Å². The van der Waals surface area contributed by atoms with E-state index in [1.54, 1.807) is 0 Å². The van der Waals surface area contributed by atoms with Crippen LogP contribution in [0.2, 0.25) is 0 Å². The van der Waals surface area contributed by atoms with Crippen molar-refractivity contribution in [2.45, 2.75) is 0 Å². The van der Waals surface area contributed by atoms with Crippen molar-refractivity contribution in [1.29, 1.82) is 0 Å². The number of carboxylic acid groups (broad SMARTS) is 1. The first kappa shape index (κ1) is 7.14. The van der Waals surface area contributed by atoms with E-state index in [9.17, 15) is 4.79 Å². The van der Waals surface area contributed by atoms with Gasteiger partial charge in [0.05, 0.1) is 0 Å². The Hall–Kier alpha value is -0.970. The Morgan fingerprint density at radius 2 is 2.40 bits per heavy atom. The van der Waals surface area contributed by atoms with Gasteiger partial charge >= 0.3 is 6.16 Å². The molecule has 0 fully saturated rings. The zero-order valence-corrected chi connectivity index (χ0v) is 6.29. The van der Waals surface area contributed by atoms with Gasteiger partial charge in [-0.25, -0.2) is 4.79 Å². The van der Waals surface area contributed by atoms with Crippen molar-refractivity contribution in [3.8, 4) is 5.95 Å². The van der Waals surface area contributed by atoms with Gasteiger partial charge in [0, 0.05) is 6.07 Å². The first-order chi connectivity index (χ1) is 4.68. The number of halogens is 1. The molecule has 54 valence electrons. The molecule has 0 amide bonds. The minimum Gasteiger partial charge on any atom is -0.449 e. The third kappa shape index (κ3) is 1.77. The van der Waals surface area contributed by atoms with E-state index in [-0.39, 0.29) is 5.95 Å². The fraction of sp³-hybridized carbons (Fsp3) is 0. The summed E-state index contributed by atoms with van der Waals surface area (Å²) >= 11 is 2.98. The number of hydrogen-bond donors (Lipinski definition) is 1. The highest BCUT2D eigenvalue weighted by Gasteiger charge is 2.03. The van der Waals surface area contributed by atoms with E-state index in [1.165, 1.54) is 12.1 Å². The zero-order chi connectivity index (χ0) is 7.56. The predicted octanol–water partition coefficient (Wildman–Crippen LogP) is 2.10. The van der Waals surface area contributed by atoms with Crippen LogP contribution in [0.5, 0.6) is 5.95 Å². The van der Waals surface area contributed by atoms with Crippen LogP contribution >= 0.6 is 15.9 Å². The third-order valence-electron chi connectivity index (χ3n) is 0.736. The summed E-state index contributed by atoms with van der Waals surface area (Å²) in [6.45, 7) is 0. The lowest BCUT2D eigenvalue weighted by Crippen LogP contribution is -2.01. The largest absolute Gasteiger partial charge is 0.513 e. The van der Waals surface area contributed by atoms with Crippen molar-refractivity contribution in [2.75, 3.05) is 0 Å². The highest BCUT2D eigenvalue weighted by atomic mass is 79.9. The minimum absolute atomic E-state index is 0.0422. The summed E-state index contributed by atoms with van der Waals surface area (Å²) in [4.78, 5) is 9.88. The van der Waals surface area contributed by atoms with Crippen molar-refractivity contribution in [1.82, 2.24) is 0 Å². The van der Waals surface area contributed by atoms with Gasteiger partial charge in [-0.15, -0.1) is 0 Å². The normalized spacial score (nSPS) is 9.30. The second-order valence-electron chi connectivity index (χ2n) is 1.43. The number of rotatable bonds is 1. The van der Waals surface area contributed by atoms with Crippen LogP contribution in [-0.4, -0.2) is 11.3 Å². The van der Waals surface area contributed by atoms with E-state index in [2.05, 4.69) is 20.7 Å². The molecular formula is C5H3BrO4. The van der Waals surface area contributed by atoms with Crippen LogP contribution in [0.1, 0.15) is 0 Å². The monoisotopic (exact) mass is 206 g/mol. The topological polar surface area (TPSA) is 59.7 Å². The second-order valence-corrected chi connectivity index (χ2v) is 2.21. The molecule has 0 saturated carbocycles. The molecule has 1 aromatic heterocycles. The molecule has 0 radical (unpaired) electrons. The summed E-state index contributed by atoms with van der Waals surface area (Å²) in [5, 5.41) is 8.08. The van der Waals surface area contributed by atoms with Gasteiger partial charge in [-0.1, -0.05) is 0 Å². The Morgan fingerprint density at radius 3 is 2.80 bits per heavy atom. The zero-order valence-electron chi connectivity index (χ0n) is 4.70. The van der Waals surface area contributed by atoms with Crippen molar-refractivity contribution >= 4 is 22.1 Å². The fourth-order valence-corrected chi connectivity index (χ4v) is 0.730. The molecule has 0 aromatic carbocycles. The van der Waals surface area contributed by atoms with Gasteiger partial charge in [-0.2, -0.15) is 0 Å². The average molecular weight is 207 g/mol. The van der Waals surface area contributed by atoms with Crippen LogP contribution in [0.4, 0.5) is 4.79 Å². The Balaban J connectivity index is 2.67. The quantitative estimate of drug-likeness (QED) is 0.716. The SMILES string of the molecule is O=C(O)Oc1ccc(Br)o1. The maximum absolute atomic E-state index is 9.88. The van der Waals surface area contributed by atoms with E-state index in [0.717, 1.165) is 0 Å².